The van der Waals surface area contributed by atoms with Gasteiger partial charge in [-0.05, 0) is 37.3 Å². The molecule has 3 fully saturated rings. The van der Waals surface area contributed by atoms with Gasteiger partial charge in [0.2, 0.25) is 0 Å². The van der Waals surface area contributed by atoms with E-state index in [1.165, 1.54) is 11.3 Å². The van der Waals surface area contributed by atoms with Gasteiger partial charge in [-0.3, -0.25) is 15.0 Å². The number of amides is 1. The van der Waals surface area contributed by atoms with Crippen molar-refractivity contribution in [1.29, 1.82) is 0 Å². The first-order valence-electron chi connectivity index (χ1n) is 9.24. The third-order valence-electron chi connectivity index (χ3n) is 6.08. The van der Waals surface area contributed by atoms with E-state index in [1.54, 1.807) is 12.1 Å². The minimum absolute atomic E-state index is 0.126. The number of anilines is 1. The summed E-state index contributed by atoms with van der Waals surface area (Å²) < 4.78 is 0. The first-order valence-corrected chi connectivity index (χ1v) is 9.24. The first-order chi connectivity index (χ1) is 12.5. The molecule has 0 aliphatic carbocycles. The highest BCUT2D eigenvalue weighted by Gasteiger charge is 2.42. The summed E-state index contributed by atoms with van der Waals surface area (Å²) in [7, 11) is 0. The summed E-state index contributed by atoms with van der Waals surface area (Å²) >= 11 is 0. The number of likely N-dealkylation sites (tertiary alicyclic amines) is 2. The highest BCUT2D eigenvalue weighted by molar-refractivity contribution is 5.65. The first kappa shape index (κ1) is 17.1. The minimum atomic E-state index is -0.812. The molecule has 8 nitrogen and oxygen atoms in total. The van der Waals surface area contributed by atoms with Gasteiger partial charge in [-0.25, -0.2) is 4.79 Å². The van der Waals surface area contributed by atoms with Gasteiger partial charge in [-0.2, -0.15) is 0 Å². The predicted octanol–water partition coefficient (Wildman–Crippen LogP) is 2.25. The lowest BCUT2D eigenvalue weighted by Gasteiger charge is -2.40. The van der Waals surface area contributed by atoms with Gasteiger partial charge in [0.05, 0.1) is 4.92 Å². The molecule has 0 saturated carbocycles. The largest absolute Gasteiger partial charge is 0.465 e. The fourth-order valence-corrected chi connectivity index (χ4v) is 4.83. The molecule has 1 aromatic rings. The Morgan fingerprint density at radius 2 is 1.77 bits per heavy atom. The molecule has 26 heavy (non-hydrogen) atoms. The third kappa shape index (κ3) is 3.21. The zero-order valence-electron chi connectivity index (χ0n) is 14.7. The van der Waals surface area contributed by atoms with Gasteiger partial charge in [0, 0.05) is 62.6 Å². The molecule has 1 amide bonds. The van der Waals surface area contributed by atoms with E-state index in [-0.39, 0.29) is 10.6 Å². The topological polar surface area (TPSA) is 90.2 Å². The molecule has 140 valence electrons. The SMILES string of the molecule is O=C(O)N1CCC(N2CC3CC2CN(c2ccc([N+](=O)[O-])cc2)C3)CC1. The molecule has 0 radical (unpaired) electrons. The molecule has 0 spiro atoms. The second-order valence-corrected chi connectivity index (χ2v) is 7.63. The lowest BCUT2D eigenvalue weighted by molar-refractivity contribution is -0.384. The Hall–Kier alpha value is -2.35. The Kier molecular flexibility index (Phi) is 4.44. The Balaban J connectivity index is 1.40. The maximum absolute atomic E-state index is 11.1. The molecule has 1 N–H and O–H groups in total. The van der Waals surface area contributed by atoms with Crippen molar-refractivity contribution in [2.24, 2.45) is 5.92 Å². The molecule has 0 aromatic heterocycles. The molecule has 3 aliphatic heterocycles. The summed E-state index contributed by atoms with van der Waals surface area (Å²) in [4.78, 5) is 28.0. The maximum Gasteiger partial charge on any atom is 0.407 e. The lowest BCUT2D eigenvalue weighted by atomic mass is 9.98. The molecule has 1 aromatic carbocycles. The third-order valence-corrected chi connectivity index (χ3v) is 6.08. The van der Waals surface area contributed by atoms with E-state index >= 15 is 0 Å². The summed E-state index contributed by atoms with van der Waals surface area (Å²) in [6, 6.07) is 7.80. The molecule has 3 saturated heterocycles. The number of benzene rings is 1. The van der Waals surface area contributed by atoms with E-state index in [0.717, 1.165) is 38.2 Å². The van der Waals surface area contributed by atoms with Gasteiger partial charge in [0.25, 0.3) is 5.69 Å². The van der Waals surface area contributed by atoms with Crippen LogP contribution in [0.1, 0.15) is 19.3 Å². The number of nitro groups is 1. The molecular weight excluding hydrogens is 336 g/mol. The Morgan fingerprint density at radius 1 is 1.08 bits per heavy atom. The van der Waals surface area contributed by atoms with Crippen LogP contribution in [0, 0.1) is 16.0 Å². The van der Waals surface area contributed by atoms with Crippen LogP contribution in [0.25, 0.3) is 0 Å². The van der Waals surface area contributed by atoms with Crippen molar-refractivity contribution in [1.82, 2.24) is 9.80 Å². The van der Waals surface area contributed by atoms with E-state index in [4.69, 9.17) is 5.11 Å². The molecule has 8 heteroatoms. The standard InChI is InChI=1S/C18H24N4O4/c23-18(24)19-7-5-15(6-8-19)21-11-13-9-17(21)12-20(10-13)14-1-3-16(4-2-14)22(25)26/h1-4,13,15,17H,5-12H2,(H,23,24). The van der Waals surface area contributed by atoms with Crippen LogP contribution in [-0.2, 0) is 0 Å². The summed E-state index contributed by atoms with van der Waals surface area (Å²) in [5.41, 5.74) is 1.17. The fraction of sp³-hybridized carbons (Fsp3) is 0.611. The van der Waals surface area contributed by atoms with Crippen molar-refractivity contribution in [3.8, 4) is 0 Å². The van der Waals surface area contributed by atoms with Crippen LogP contribution in [0.15, 0.2) is 24.3 Å². The second kappa shape index (κ2) is 6.75. The van der Waals surface area contributed by atoms with Gasteiger partial charge in [-0.1, -0.05) is 0 Å². The van der Waals surface area contributed by atoms with Crippen LogP contribution in [0.2, 0.25) is 0 Å². The van der Waals surface area contributed by atoms with Crippen LogP contribution in [0.4, 0.5) is 16.2 Å². The Morgan fingerprint density at radius 3 is 2.38 bits per heavy atom. The van der Waals surface area contributed by atoms with E-state index in [1.807, 2.05) is 12.1 Å². The molecular formula is C18H24N4O4. The summed E-state index contributed by atoms with van der Waals surface area (Å²) in [5.74, 6) is 0.612. The van der Waals surface area contributed by atoms with E-state index < -0.39 is 6.09 Å². The normalized spacial score (nSPS) is 26.9. The average molecular weight is 360 g/mol. The lowest BCUT2D eigenvalue weighted by Crippen LogP contribution is -2.50. The minimum Gasteiger partial charge on any atom is -0.465 e. The van der Waals surface area contributed by atoms with Crippen LogP contribution >= 0.6 is 0 Å². The zero-order valence-corrected chi connectivity index (χ0v) is 14.7. The van der Waals surface area contributed by atoms with E-state index in [2.05, 4.69) is 9.80 Å². The highest BCUT2D eigenvalue weighted by atomic mass is 16.6. The zero-order chi connectivity index (χ0) is 18.3. The fourth-order valence-electron chi connectivity index (χ4n) is 4.83. The van der Waals surface area contributed by atoms with Crippen LogP contribution in [0.5, 0.6) is 0 Å². The molecule has 2 atom stereocenters. The Bertz CT molecular complexity index is 687. The highest BCUT2D eigenvalue weighted by Crippen LogP contribution is 2.36. The molecule has 3 heterocycles. The number of carbonyl (C=O) groups is 1. The van der Waals surface area contributed by atoms with E-state index in [9.17, 15) is 14.9 Å². The summed E-state index contributed by atoms with van der Waals surface area (Å²) in [6.45, 7) is 4.25. The van der Waals surface area contributed by atoms with Crippen molar-refractivity contribution in [2.45, 2.75) is 31.3 Å². The number of hydrogen-bond acceptors (Lipinski definition) is 5. The maximum atomic E-state index is 11.1. The van der Waals surface area contributed by atoms with E-state index in [0.29, 0.717) is 31.1 Å². The molecule has 2 unspecified atom stereocenters. The van der Waals surface area contributed by atoms with Crippen LogP contribution in [-0.4, -0.2) is 70.7 Å². The average Bonchev–Trinajstić information content (AvgIpc) is 2.95. The van der Waals surface area contributed by atoms with Gasteiger partial charge in [0.15, 0.2) is 0 Å². The number of rotatable bonds is 3. The van der Waals surface area contributed by atoms with Gasteiger partial charge in [-0.15, -0.1) is 0 Å². The summed E-state index contributed by atoms with van der Waals surface area (Å²) in [5, 5.41) is 19.9. The van der Waals surface area contributed by atoms with Crippen molar-refractivity contribution in [3.63, 3.8) is 0 Å². The number of nitro benzene ring substituents is 1. The number of fused-ring (bicyclic) bond motifs is 2. The molecule has 4 rings (SSSR count). The smallest absolute Gasteiger partial charge is 0.407 e. The molecule has 2 bridgehead atoms. The second-order valence-electron chi connectivity index (χ2n) is 7.63. The van der Waals surface area contributed by atoms with Crippen molar-refractivity contribution < 1.29 is 14.8 Å². The number of piperidine rings is 2. The number of carboxylic acid groups (broad SMARTS) is 1. The predicted molar refractivity (Wildman–Crippen MR) is 96.5 cm³/mol. The van der Waals surface area contributed by atoms with Gasteiger partial charge < -0.3 is 14.9 Å². The van der Waals surface area contributed by atoms with Crippen LogP contribution in [0.3, 0.4) is 0 Å². The monoisotopic (exact) mass is 360 g/mol. The van der Waals surface area contributed by atoms with Gasteiger partial charge >= 0.3 is 6.09 Å². The van der Waals surface area contributed by atoms with Crippen molar-refractivity contribution in [2.75, 3.05) is 37.6 Å². The Labute approximate surface area is 152 Å². The summed E-state index contributed by atoms with van der Waals surface area (Å²) in [6.07, 6.45) is 2.20. The number of non-ortho nitro benzene ring substituents is 1. The van der Waals surface area contributed by atoms with Crippen LogP contribution < -0.4 is 4.90 Å². The van der Waals surface area contributed by atoms with Gasteiger partial charge in [0.1, 0.15) is 0 Å². The van der Waals surface area contributed by atoms with Crippen molar-refractivity contribution in [3.05, 3.63) is 34.4 Å². The molecule has 3 aliphatic rings. The number of nitrogens with zero attached hydrogens (tertiary/aromatic N) is 4. The number of hydrogen-bond donors (Lipinski definition) is 1. The van der Waals surface area contributed by atoms with Crippen molar-refractivity contribution >= 4 is 17.5 Å². The quantitative estimate of drug-likeness (QED) is 0.657.